The minimum absolute atomic E-state index is 0.105. The zero-order valence-electron chi connectivity index (χ0n) is 15.0. The molecule has 140 valence electrons. The Hall–Kier alpha value is -2.19. The van der Waals surface area contributed by atoms with Gasteiger partial charge in [-0.25, -0.2) is 17.6 Å². The lowest BCUT2D eigenvalue weighted by Crippen LogP contribution is -2.14. The van der Waals surface area contributed by atoms with Gasteiger partial charge in [-0.1, -0.05) is 46.2 Å². The summed E-state index contributed by atoms with van der Waals surface area (Å²) in [5, 5.41) is 0.0362. The van der Waals surface area contributed by atoms with Gasteiger partial charge in [-0.2, -0.15) is 0 Å². The molecular formula is C22H19F4P. The highest BCUT2D eigenvalue weighted by Gasteiger charge is 2.15. The first-order valence-corrected chi connectivity index (χ1v) is 9.70. The van der Waals surface area contributed by atoms with E-state index in [2.05, 4.69) is 6.92 Å². The summed E-state index contributed by atoms with van der Waals surface area (Å²) in [5.41, 5.74) is 2.22. The number of benzene rings is 3. The van der Waals surface area contributed by atoms with Gasteiger partial charge in [0, 0.05) is 10.9 Å². The second-order valence-corrected chi connectivity index (χ2v) is 7.78. The monoisotopic (exact) mass is 390 g/mol. The van der Waals surface area contributed by atoms with Crippen molar-refractivity contribution < 1.29 is 17.6 Å². The maximum absolute atomic E-state index is 14.5. The van der Waals surface area contributed by atoms with Crippen molar-refractivity contribution >= 4 is 19.2 Å². The van der Waals surface area contributed by atoms with E-state index in [1.807, 2.05) is 24.3 Å². The lowest BCUT2D eigenvalue weighted by atomic mass is 10.0. The van der Waals surface area contributed by atoms with Crippen LogP contribution in [0.5, 0.6) is 0 Å². The van der Waals surface area contributed by atoms with Crippen molar-refractivity contribution in [1.29, 1.82) is 0 Å². The van der Waals surface area contributed by atoms with E-state index in [1.54, 1.807) is 0 Å². The van der Waals surface area contributed by atoms with E-state index in [-0.39, 0.29) is 16.2 Å². The number of rotatable bonds is 5. The smallest absolute Gasteiger partial charge is 0.134 e. The predicted octanol–water partition coefficient (Wildman–Crippen LogP) is 5.80. The van der Waals surface area contributed by atoms with Crippen LogP contribution in [0.1, 0.15) is 24.5 Å². The molecule has 0 aromatic heterocycles. The molecule has 3 aromatic carbocycles. The first-order valence-electron chi connectivity index (χ1n) is 8.70. The van der Waals surface area contributed by atoms with Gasteiger partial charge in [-0.3, -0.25) is 0 Å². The molecule has 0 spiro atoms. The van der Waals surface area contributed by atoms with Gasteiger partial charge in [-0.15, -0.1) is 0 Å². The Morgan fingerprint density at radius 2 is 1.30 bits per heavy atom. The standard InChI is InChI=1S/C22H19F4P/c1-3-4-14-5-7-15(8-6-14)16-9-20(25)22(21(26)10-16)27-17-11-18(23)13(2)19(24)12-17/h5-12,27H,3-4H2,1-2H3. The lowest BCUT2D eigenvalue weighted by Gasteiger charge is -2.10. The molecule has 1 atom stereocenters. The van der Waals surface area contributed by atoms with Crippen LogP contribution in [0.15, 0.2) is 48.5 Å². The van der Waals surface area contributed by atoms with E-state index >= 15 is 0 Å². The van der Waals surface area contributed by atoms with Crippen molar-refractivity contribution in [2.45, 2.75) is 26.7 Å². The molecule has 0 saturated carbocycles. The largest absolute Gasteiger partial charge is 0.207 e. The molecule has 3 rings (SSSR count). The summed E-state index contributed by atoms with van der Waals surface area (Å²) in [5.74, 6) is -2.88. The third kappa shape index (κ3) is 4.39. The molecule has 0 fully saturated rings. The number of hydrogen-bond acceptors (Lipinski definition) is 0. The summed E-state index contributed by atoms with van der Waals surface area (Å²) >= 11 is 0. The topological polar surface area (TPSA) is 0 Å². The number of hydrogen-bond donors (Lipinski definition) is 0. The van der Waals surface area contributed by atoms with E-state index in [0.29, 0.717) is 5.56 Å². The summed E-state index contributed by atoms with van der Waals surface area (Å²) in [7, 11) is -0.515. The third-order valence-corrected chi connectivity index (χ3v) is 5.72. The highest BCUT2D eigenvalue weighted by Crippen LogP contribution is 2.25. The van der Waals surface area contributed by atoms with Crippen molar-refractivity contribution in [2.24, 2.45) is 0 Å². The second kappa shape index (κ2) is 8.22. The summed E-state index contributed by atoms with van der Waals surface area (Å²) in [4.78, 5) is 0. The van der Waals surface area contributed by atoms with Crippen LogP contribution >= 0.6 is 8.58 Å². The minimum atomic E-state index is -0.720. The Morgan fingerprint density at radius 1 is 0.741 bits per heavy atom. The van der Waals surface area contributed by atoms with Crippen LogP contribution < -0.4 is 10.6 Å². The summed E-state index contributed by atoms with van der Waals surface area (Å²) in [6.07, 6.45) is 1.98. The summed E-state index contributed by atoms with van der Waals surface area (Å²) in [6.45, 7) is 3.41. The first-order chi connectivity index (χ1) is 12.9. The maximum atomic E-state index is 14.5. The average molecular weight is 390 g/mol. The molecule has 0 radical (unpaired) electrons. The highest BCUT2D eigenvalue weighted by atomic mass is 31.1. The second-order valence-electron chi connectivity index (χ2n) is 6.45. The number of halogens is 4. The van der Waals surface area contributed by atoms with Crippen molar-refractivity contribution in [3.8, 4) is 11.1 Å². The van der Waals surface area contributed by atoms with Crippen LogP contribution in [0.4, 0.5) is 17.6 Å². The molecule has 0 nitrogen and oxygen atoms in total. The molecule has 0 aliphatic heterocycles. The van der Waals surface area contributed by atoms with Gasteiger partial charge in [0.05, 0.1) is 0 Å². The van der Waals surface area contributed by atoms with Gasteiger partial charge < -0.3 is 0 Å². The number of aryl methyl sites for hydroxylation is 1. The zero-order valence-corrected chi connectivity index (χ0v) is 16.0. The fourth-order valence-corrected chi connectivity index (χ4v) is 3.94. The summed E-state index contributed by atoms with van der Waals surface area (Å²) in [6, 6.07) is 12.3. The Labute approximate surface area is 158 Å². The fourth-order valence-electron chi connectivity index (χ4n) is 2.87. The Kier molecular flexibility index (Phi) is 5.96. The molecular weight excluding hydrogens is 371 g/mol. The molecule has 0 amide bonds. The van der Waals surface area contributed by atoms with Crippen LogP contribution in [0.25, 0.3) is 11.1 Å². The molecule has 27 heavy (non-hydrogen) atoms. The zero-order chi connectivity index (χ0) is 19.6. The molecule has 0 aliphatic carbocycles. The van der Waals surface area contributed by atoms with Gasteiger partial charge in [0.2, 0.25) is 0 Å². The van der Waals surface area contributed by atoms with Crippen molar-refractivity contribution in [2.75, 3.05) is 0 Å². The van der Waals surface area contributed by atoms with Crippen LogP contribution in [0, 0.1) is 30.2 Å². The van der Waals surface area contributed by atoms with Crippen LogP contribution in [0.3, 0.4) is 0 Å². The Balaban J connectivity index is 1.91. The quantitative estimate of drug-likeness (QED) is 0.382. The van der Waals surface area contributed by atoms with Gasteiger partial charge in [-0.05, 0) is 59.6 Å². The van der Waals surface area contributed by atoms with Crippen LogP contribution in [0.2, 0.25) is 0 Å². The van der Waals surface area contributed by atoms with E-state index in [4.69, 9.17) is 0 Å². The van der Waals surface area contributed by atoms with Gasteiger partial charge in [0.25, 0.3) is 0 Å². The third-order valence-electron chi connectivity index (χ3n) is 4.42. The van der Waals surface area contributed by atoms with Crippen LogP contribution in [-0.2, 0) is 6.42 Å². The molecule has 3 aromatic rings. The molecule has 0 saturated heterocycles. The lowest BCUT2D eigenvalue weighted by molar-refractivity contribution is 0.570. The average Bonchev–Trinajstić information content (AvgIpc) is 2.63. The predicted molar refractivity (Wildman–Crippen MR) is 104 cm³/mol. The first kappa shape index (κ1) is 19.6. The molecule has 0 aliphatic rings. The molecule has 1 unspecified atom stereocenters. The van der Waals surface area contributed by atoms with Gasteiger partial charge in [0.1, 0.15) is 23.3 Å². The van der Waals surface area contributed by atoms with E-state index in [0.717, 1.165) is 30.5 Å². The van der Waals surface area contributed by atoms with E-state index in [1.165, 1.54) is 24.6 Å². The van der Waals surface area contributed by atoms with Gasteiger partial charge in [0.15, 0.2) is 0 Å². The molecule has 0 N–H and O–H groups in total. The summed E-state index contributed by atoms with van der Waals surface area (Å²) < 4.78 is 56.5. The fraction of sp³-hybridized carbons (Fsp3) is 0.182. The van der Waals surface area contributed by atoms with Gasteiger partial charge >= 0.3 is 0 Å². The maximum Gasteiger partial charge on any atom is 0.134 e. The minimum Gasteiger partial charge on any atom is -0.207 e. The Morgan fingerprint density at radius 3 is 1.81 bits per heavy atom. The van der Waals surface area contributed by atoms with Crippen molar-refractivity contribution in [3.05, 3.63) is 82.9 Å². The molecule has 0 heterocycles. The van der Waals surface area contributed by atoms with E-state index in [9.17, 15) is 17.6 Å². The molecule has 5 heteroatoms. The SMILES string of the molecule is CCCc1ccc(-c2cc(F)c(Pc3cc(F)c(C)c(F)c3)c(F)c2)cc1. The molecule has 0 bridgehead atoms. The normalized spacial score (nSPS) is 11.5. The highest BCUT2D eigenvalue weighted by molar-refractivity contribution is 7.55. The van der Waals surface area contributed by atoms with E-state index < -0.39 is 31.8 Å². The Bertz CT molecular complexity index is 919. The van der Waals surface area contributed by atoms with Crippen molar-refractivity contribution in [1.82, 2.24) is 0 Å². The van der Waals surface area contributed by atoms with Crippen molar-refractivity contribution in [3.63, 3.8) is 0 Å². The van der Waals surface area contributed by atoms with Crippen LogP contribution in [-0.4, -0.2) is 0 Å².